The average molecular weight is 319 g/mol. The number of unbranched alkanes of at least 4 members (excludes halogenated alkanes) is 1. The van der Waals surface area contributed by atoms with Crippen molar-refractivity contribution in [3.05, 3.63) is 34.9 Å². The van der Waals surface area contributed by atoms with E-state index in [2.05, 4.69) is 12.2 Å². The van der Waals surface area contributed by atoms with Crippen LogP contribution in [0.4, 0.5) is 0 Å². The highest BCUT2D eigenvalue weighted by atomic mass is 35.5. The molecule has 1 rings (SSSR count). The van der Waals surface area contributed by atoms with Crippen LogP contribution in [0.3, 0.4) is 0 Å². The minimum Gasteiger partial charge on any atom is -0.352 e. The summed E-state index contributed by atoms with van der Waals surface area (Å²) in [4.78, 5) is 12.2. The largest absolute Gasteiger partial charge is 0.352 e. The van der Waals surface area contributed by atoms with Crippen LogP contribution in [0.25, 0.3) is 0 Å². The molecule has 0 radical (unpaired) electrons. The molecule has 3 N–H and O–H groups in total. The number of nitrogens with one attached hydrogen (secondary N) is 1. The normalized spacial score (nSPS) is 13.2. The lowest BCUT2D eigenvalue weighted by molar-refractivity contribution is -0.122. The minimum atomic E-state index is -0.214. The molecular formula is C15H24Cl2N2O. The molecule has 0 aliphatic carbocycles. The van der Waals surface area contributed by atoms with E-state index in [-0.39, 0.29) is 30.3 Å². The molecule has 0 aliphatic rings. The highest BCUT2D eigenvalue weighted by molar-refractivity contribution is 6.30. The van der Waals surface area contributed by atoms with Gasteiger partial charge in [-0.2, -0.15) is 0 Å². The van der Waals surface area contributed by atoms with Gasteiger partial charge in [-0.3, -0.25) is 4.79 Å². The molecule has 0 heterocycles. The van der Waals surface area contributed by atoms with E-state index < -0.39 is 0 Å². The zero-order valence-electron chi connectivity index (χ0n) is 12.1. The average Bonchev–Trinajstić information content (AvgIpc) is 2.42. The van der Waals surface area contributed by atoms with Crippen molar-refractivity contribution in [2.24, 2.45) is 5.73 Å². The fraction of sp³-hybridized carbons (Fsp3) is 0.533. The summed E-state index contributed by atoms with van der Waals surface area (Å²) < 4.78 is 0. The summed E-state index contributed by atoms with van der Waals surface area (Å²) in [5.41, 5.74) is 6.62. The van der Waals surface area contributed by atoms with Crippen molar-refractivity contribution >= 4 is 29.9 Å². The van der Waals surface area contributed by atoms with Gasteiger partial charge in [-0.25, -0.2) is 0 Å². The Balaban J connectivity index is 0.00000361. The lowest BCUT2D eigenvalue weighted by Gasteiger charge is -2.20. The predicted molar refractivity (Wildman–Crippen MR) is 87.6 cm³/mol. The van der Waals surface area contributed by atoms with Crippen LogP contribution in [-0.4, -0.2) is 18.5 Å². The first-order chi connectivity index (χ1) is 9.08. The summed E-state index contributed by atoms with van der Waals surface area (Å²) in [6, 6.07) is 7.47. The van der Waals surface area contributed by atoms with Crippen LogP contribution in [0.5, 0.6) is 0 Å². The number of carbonyl (C=O) groups excluding carboxylic acids is 1. The molecule has 1 aromatic carbocycles. The molecule has 0 saturated heterocycles. The van der Waals surface area contributed by atoms with Crippen molar-refractivity contribution in [3.8, 4) is 0 Å². The number of carbonyl (C=O) groups is 1. The van der Waals surface area contributed by atoms with Crippen molar-refractivity contribution in [2.75, 3.05) is 6.54 Å². The minimum absolute atomic E-state index is 0. The van der Waals surface area contributed by atoms with Crippen molar-refractivity contribution in [3.63, 3.8) is 0 Å². The highest BCUT2D eigenvalue weighted by Crippen LogP contribution is 2.19. The molecule has 2 atom stereocenters. The van der Waals surface area contributed by atoms with Gasteiger partial charge < -0.3 is 11.1 Å². The molecule has 0 saturated carbocycles. The molecule has 5 heteroatoms. The van der Waals surface area contributed by atoms with Gasteiger partial charge in [0.25, 0.3) is 0 Å². The molecule has 0 aromatic heterocycles. The van der Waals surface area contributed by atoms with E-state index in [1.807, 2.05) is 25.1 Å². The van der Waals surface area contributed by atoms with E-state index >= 15 is 0 Å². The maximum atomic E-state index is 12.2. The summed E-state index contributed by atoms with van der Waals surface area (Å²) in [6.45, 7) is 4.49. The van der Waals surface area contributed by atoms with E-state index in [0.29, 0.717) is 11.6 Å². The predicted octanol–water partition coefficient (Wildman–Crippen LogP) is 3.50. The van der Waals surface area contributed by atoms with Crippen LogP contribution < -0.4 is 11.1 Å². The molecule has 2 unspecified atom stereocenters. The molecule has 0 spiro atoms. The summed E-state index contributed by atoms with van der Waals surface area (Å²) >= 11 is 5.94. The Kier molecular flexibility index (Phi) is 9.64. The van der Waals surface area contributed by atoms with Gasteiger partial charge in [-0.1, -0.05) is 43.5 Å². The first kappa shape index (κ1) is 19.2. The van der Waals surface area contributed by atoms with Crippen LogP contribution in [0.1, 0.15) is 44.6 Å². The first-order valence-corrected chi connectivity index (χ1v) is 7.22. The second kappa shape index (κ2) is 10.0. The van der Waals surface area contributed by atoms with Crippen LogP contribution in [0, 0.1) is 0 Å². The zero-order valence-corrected chi connectivity index (χ0v) is 13.6. The van der Waals surface area contributed by atoms with Crippen molar-refractivity contribution in [1.29, 1.82) is 0 Å². The quantitative estimate of drug-likeness (QED) is 0.808. The number of halogens is 2. The van der Waals surface area contributed by atoms with Crippen LogP contribution in [0.2, 0.25) is 5.02 Å². The highest BCUT2D eigenvalue weighted by Gasteiger charge is 2.18. The second-order valence-electron chi connectivity index (χ2n) is 4.86. The summed E-state index contributed by atoms with van der Waals surface area (Å²) in [7, 11) is 0. The van der Waals surface area contributed by atoms with Gasteiger partial charge in [-0.15, -0.1) is 12.4 Å². The monoisotopic (exact) mass is 318 g/mol. The first-order valence-electron chi connectivity index (χ1n) is 6.84. The molecule has 1 amide bonds. The summed E-state index contributed by atoms with van der Waals surface area (Å²) in [5, 5.41) is 3.66. The van der Waals surface area contributed by atoms with Gasteiger partial charge in [0.05, 0.1) is 5.92 Å². The maximum Gasteiger partial charge on any atom is 0.227 e. The fourth-order valence-electron chi connectivity index (χ4n) is 1.95. The molecule has 0 aliphatic heterocycles. The van der Waals surface area contributed by atoms with E-state index in [1.165, 1.54) is 0 Å². The topological polar surface area (TPSA) is 55.1 Å². The van der Waals surface area contributed by atoms with Gasteiger partial charge >= 0.3 is 0 Å². The molecule has 114 valence electrons. The van der Waals surface area contributed by atoms with E-state index in [9.17, 15) is 4.79 Å². The molecule has 3 nitrogen and oxygen atoms in total. The van der Waals surface area contributed by atoms with E-state index in [4.69, 9.17) is 17.3 Å². The Hall–Kier alpha value is -0.770. The van der Waals surface area contributed by atoms with Crippen molar-refractivity contribution in [2.45, 2.75) is 45.1 Å². The number of amides is 1. The van der Waals surface area contributed by atoms with E-state index in [1.54, 1.807) is 6.07 Å². The van der Waals surface area contributed by atoms with Crippen molar-refractivity contribution in [1.82, 2.24) is 5.32 Å². The third kappa shape index (κ3) is 6.12. The standard InChI is InChI=1S/C15H23ClN2O.ClH/c1-3-4-8-14(10-17)18-15(19)11(2)12-6-5-7-13(16)9-12;/h5-7,9,11,14H,3-4,8,10,17H2,1-2H3,(H,18,19);1H. The Labute approximate surface area is 132 Å². The van der Waals surface area contributed by atoms with Crippen molar-refractivity contribution < 1.29 is 4.79 Å². The Morgan fingerprint density at radius 3 is 2.70 bits per heavy atom. The number of rotatable bonds is 7. The zero-order chi connectivity index (χ0) is 14.3. The summed E-state index contributed by atoms with van der Waals surface area (Å²) in [6.07, 6.45) is 3.12. The van der Waals surface area contributed by atoms with Gasteiger partial charge in [-0.05, 0) is 31.0 Å². The number of hydrogen-bond donors (Lipinski definition) is 2. The van der Waals surface area contributed by atoms with Gasteiger partial charge in [0.2, 0.25) is 5.91 Å². The number of benzene rings is 1. The molecule has 1 aromatic rings. The molecule has 20 heavy (non-hydrogen) atoms. The number of hydrogen-bond acceptors (Lipinski definition) is 2. The maximum absolute atomic E-state index is 12.2. The Morgan fingerprint density at radius 2 is 2.15 bits per heavy atom. The van der Waals surface area contributed by atoms with Crippen LogP contribution in [-0.2, 0) is 4.79 Å². The molecular weight excluding hydrogens is 295 g/mol. The Morgan fingerprint density at radius 1 is 1.45 bits per heavy atom. The smallest absolute Gasteiger partial charge is 0.227 e. The lowest BCUT2D eigenvalue weighted by atomic mass is 9.99. The molecule has 0 bridgehead atoms. The second-order valence-corrected chi connectivity index (χ2v) is 5.30. The lowest BCUT2D eigenvalue weighted by Crippen LogP contribution is -2.42. The number of nitrogens with two attached hydrogens (primary N) is 1. The van der Waals surface area contributed by atoms with Gasteiger partial charge in [0.15, 0.2) is 0 Å². The third-order valence-electron chi connectivity index (χ3n) is 3.28. The van der Waals surface area contributed by atoms with Gasteiger partial charge in [0, 0.05) is 17.6 Å². The third-order valence-corrected chi connectivity index (χ3v) is 3.51. The summed E-state index contributed by atoms with van der Waals surface area (Å²) in [5.74, 6) is -0.205. The Bertz CT molecular complexity index is 413. The SMILES string of the molecule is CCCCC(CN)NC(=O)C(C)c1cccc(Cl)c1.Cl. The molecule has 0 fully saturated rings. The van der Waals surface area contributed by atoms with Crippen LogP contribution >= 0.6 is 24.0 Å². The van der Waals surface area contributed by atoms with Crippen LogP contribution in [0.15, 0.2) is 24.3 Å². The van der Waals surface area contributed by atoms with E-state index in [0.717, 1.165) is 24.8 Å². The fourth-order valence-corrected chi connectivity index (χ4v) is 2.15. The van der Waals surface area contributed by atoms with Gasteiger partial charge in [0.1, 0.15) is 0 Å².